The number of carbonyl (C=O) groups is 1. The standard InChI is InChI=1S/C13H15F2N5O3/c1-19-4-3-16-10(19)12(21)20-7-13(14,15)5-8(20)11-17-9(6-22-2)18-23-11/h3-4,8H,5-7H2,1-2H3/t8-/m0/s1. The van der Waals surface area contributed by atoms with Gasteiger partial charge < -0.3 is 18.7 Å². The molecule has 0 unspecified atom stereocenters. The second-order valence-corrected chi connectivity index (χ2v) is 5.35. The first kappa shape index (κ1) is 15.5. The van der Waals surface area contributed by atoms with Gasteiger partial charge in [-0.2, -0.15) is 4.98 Å². The Morgan fingerprint density at radius 3 is 3.00 bits per heavy atom. The Kier molecular flexibility index (Phi) is 3.84. The summed E-state index contributed by atoms with van der Waals surface area (Å²) in [7, 11) is 3.07. The highest BCUT2D eigenvalue weighted by molar-refractivity contribution is 5.91. The molecule has 1 aliphatic rings. The van der Waals surface area contributed by atoms with Gasteiger partial charge in [-0.3, -0.25) is 4.79 Å². The molecule has 0 saturated carbocycles. The number of imidazole rings is 1. The second-order valence-electron chi connectivity index (χ2n) is 5.35. The van der Waals surface area contributed by atoms with Crippen molar-refractivity contribution in [3.63, 3.8) is 0 Å². The molecule has 0 spiro atoms. The van der Waals surface area contributed by atoms with Gasteiger partial charge in [-0.05, 0) is 0 Å². The van der Waals surface area contributed by atoms with Crippen molar-refractivity contribution in [3.05, 3.63) is 29.9 Å². The van der Waals surface area contributed by atoms with Gasteiger partial charge in [-0.15, -0.1) is 0 Å². The van der Waals surface area contributed by atoms with Crippen LogP contribution >= 0.6 is 0 Å². The Balaban J connectivity index is 1.90. The molecule has 0 bridgehead atoms. The molecule has 124 valence electrons. The average molecular weight is 327 g/mol. The van der Waals surface area contributed by atoms with Gasteiger partial charge >= 0.3 is 0 Å². The summed E-state index contributed by atoms with van der Waals surface area (Å²) in [6.07, 6.45) is 2.43. The molecule has 2 aromatic heterocycles. The molecule has 1 saturated heterocycles. The van der Waals surface area contributed by atoms with Crippen molar-refractivity contribution in [1.82, 2.24) is 24.6 Å². The maximum Gasteiger partial charge on any atom is 0.290 e. The highest BCUT2D eigenvalue weighted by Crippen LogP contribution is 2.41. The number of ether oxygens (including phenoxy) is 1. The third kappa shape index (κ3) is 2.93. The van der Waals surface area contributed by atoms with Crippen LogP contribution in [0.2, 0.25) is 0 Å². The van der Waals surface area contributed by atoms with Gasteiger partial charge in [0.15, 0.2) is 11.6 Å². The number of hydrogen-bond acceptors (Lipinski definition) is 6. The Morgan fingerprint density at radius 1 is 1.57 bits per heavy atom. The Hall–Kier alpha value is -2.36. The fraction of sp³-hybridized carbons (Fsp3) is 0.538. The molecule has 1 atom stereocenters. The Bertz CT molecular complexity index is 714. The number of aryl methyl sites for hydroxylation is 1. The lowest BCUT2D eigenvalue weighted by atomic mass is 10.2. The summed E-state index contributed by atoms with van der Waals surface area (Å²) in [6, 6.07) is -0.993. The monoisotopic (exact) mass is 327 g/mol. The quantitative estimate of drug-likeness (QED) is 0.838. The summed E-state index contributed by atoms with van der Waals surface area (Å²) in [6.45, 7) is -0.620. The molecule has 2 aromatic rings. The Labute approximate surface area is 130 Å². The maximum atomic E-state index is 13.9. The van der Waals surface area contributed by atoms with Crippen molar-refractivity contribution >= 4 is 5.91 Å². The van der Waals surface area contributed by atoms with E-state index < -0.39 is 30.8 Å². The molecule has 8 nitrogen and oxygen atoms in total. The van der Waals surface area contributed by atoms with E-state index in [2.05, 4.69) is 15.1 Å². The Morgan fingerprint density at radius 2 is 2.35 bits per heavy atom. The van der Waals surface area contributed by atoms with E-state index in [0.29, 0.717) is 0 Å². The third-order valence-electron chi connectivity index (χ3n) is 3.59. The fourth-order valence-corrected chi connectivity index (χ4v) is 2.54. The number of aromatic nitrogens is 4. The van der Waals surface area contributed by atoms with E-state index in [1.807, 2.05) is 0 Å². The number of methoxy groups -OCH3 is 1. The minimum Gasteiger partial charge on any atom is -0.377 e. The molecule has 0 aromatic carbocycles. The van der Waals surface area contributed by atoms with Crippen LogP contribution in [-0.2, 0) is 18.4 Å². The van der Waals surface area contributed by atoms with Gasteiger partial charge in [0.1, 0.15) is 12.6 Å². The van der Waals surface area contributed by atoms with Crippen LogP contribution in [0.3, 0.4) is 0 Å². The lowest BCUT2D eigenvalue weighted by Gasteiger charge is -2.20. The minimum atomic E-state index is -3.03. The van der Waals surface area contributed by atoms with Crippen LogP contribution in [0.5, 0.6) is 0 Å². The zero-order valence-corrected chi connectivity index (χ0v) is 12.6. The molecule has 1 amide bonds. The van der Waals surface area contributed by atoms with Crippen LogP contribution in [0.15, 0.2) is 16.9 Å². The van der Waals surface area contributed by atoms with Gasteiger partial charge in [0, 0.05) is 33.0 Å². The lowest BCUT2D eigenvalue weighted by Crippen LogP contribution is -2.34. The van der Waals surface area contributed by atoms with Crippen molar-refractivity contribution in [2.75, 3.05) is 13.7 Å². The summed E-state index contributed by atoms with van der Waals surface area (Å²) in [5.41, 5.74) is 0. The number of carbonyl (C=O) groups excluding carboxylic acids is 1. The predicted octanol–water partition coefficient (Wildman–Crippen LogP) is 1.17. The van der Waals surface area contributed by atoms with Crippen LogP contribution in [0.4, 0.5) is 8.78 Å². The van der Waals surface area contributed by atoms with E-state index in [9.17, 15) is 13.6 Å². The average Bonchev–Trinajstić information content (AvgIpc) is 3.17. The molecule has 3 rings (SSSR count). The highest BCUT2D eigenvalue weighted by Gasteiger charge is 2.50. The van der Waals surface area contributed by atoms with Crippen LogP contribution in [0.1, 0.15) is 34.8 Å². The summed E-state index contributed by atoms with van der Waals surface area (Å²) in [4.78, 5) is 21.5. The van der Waals surface area contributed by atoms with E-state index in [-0.39, 0.29) is 24.1 Å². The van der Waals surface area contributed by atoms with Crippen molar-refractivity contribution in [2.45, 2.75) is 25.0 Å². The van der Waals surface area contributed by atoms with Crippen molar-refractivity contribution in [3.8, 4) is 0 Å². The molecule has 0 aliphatic carbocycles. The fourth-order valence-electron chi connectivity index (χ4n) is 2.54. The van der Waals surface area contributed by atoms with Crippen LogP contribution in [0, 0.1) is 0 Å². The van der Waals surface area contributed by atoms with E-state index in [0.717, 1.165) is 4.90 Å². The number of alkyl halides is 2. The lowest BCUT2D eigenvalue weighted by molar-refractivity contribution is 0.0115. The van der Waals surface area contributed by atoms with E-state index in [1.165, 1.54) is 17.9 Å². The summed E-state index contributed by atoms with van der Waals surface area (Å²) < 4.78 is 39.1. The molecule has 23 heavy (non-hydrogen) atoms. The van der Waals surface area contributed by atoms with Crippen molar-refractivity contribution in [1.29, 1.82) is 0 Å². The molecule has 3 heterocycles. The largest absolute Gasteiger partial charge is 0.377 e. The molecule has 1 aliphatic heterocycles. The molecule has 10 heteroatoms. The minimum absolute atomic E-state index is 0.0308. The van der Waals surface area contributed by atoms with Crippen molar-refractivity contribution in [2.24, 2.45) is 7.05 Å². The number of likely N-dealkylation sites (tertiary alicyclic amines) is 1. The van der Waals surface area contributed by atoms with Crippen LogP contribution in [-0.4, -0.2) is 50.1 Å². The first-order valence-corrected chi connectivity index (χ1v) is 6.89. The molecule has 1 fully saturated rings. The van der Waals surface area contributed by atoms with E-state index in [1.54, 1.807) is 13.2 Å². The third-order valence-corrected chi connectivity index (χ3v) is 3.59. The van der Waals surface area contributed by atoms with Gasteiger partial charge in [-0.1, -0.05) is 5.16 Å². The van der Waals surface area contributed by atoms with Gasteiger partial charge in [0.25, 0.3) is 11.8 Å². The molecule has 0 N–H and O–H groups in total. The van der Waals surface area contributed by atoms with Gasteiger partial charge in [0.2, 0.25) is 5.89 Å². The normalized spacial score (nSPS) is 20.2. The zero-order valence-electron chi connectivity index (χ0n) is 12.6. The summed E-state index contributed by atoms with van der Waals surface area (Å²) in [5.74, 6) is -3.35. The number of amides is 1. The number of hydrogen-bond donors (Lipinski definition) is 0. The summed E-state index contributed by atoms with van der Waals surface area (Å²) >= 11 is 0. The first-order valence-electron chi connectivity index (χ1n) is 6.89. The topological polar surface area (TPSA) is 86.3 Å². The molecule has 0 radical (unpaired) electrons. The number of halogens is 2. The smallest absolute Gasteiger partial charge is 0.290 e. The predicted molar refractivity (Wildman–Crippen MR) is 71.6 cm³/mol. The van der Waals surface area contributed by atoms with E-state index in [4.69, 9.17) is 9.26 Å². The van der Waals surface area contributed by atoms with Crippen LogP contribution < -0.4 is 0 Å². The second kappa shape index (κ2) is 5.69. The zero-order chi connectivity index (χ0) is 16.6. The van der Waals surface area contributed by atoms with Gasteiger partial charge in [0.05, 0.1) is 6.54 Å². The SMILES string of the molecule is COCc1noc([C@@H]2CC(F)(F)CN2C(=O)c2nccn2C)n1. The first-order chi connectivity index (χ1) is 10.9. The highest BCUT2D eigenvalue weighted by atomic mass is 19.3. The summed E-state index contributed by atoms with van der Waals surface area (Å²) in [5, 5.41) is 3.66. The van der Waals surface area contributed by atoms with Gasteiger partial charge in [-0.25, -0.2) is 13.8 Å². The number of rotatable bonds is 4. The molecular weight excluding hydrogens is 312 g/mol. The van der Waals surface area contributed by atoms with Crippen molar-refractivity contribution < 1.29 is 22.8 Å². The maximum absolute atomic E-state index is 13.9. The molecular formula is C13H15F2N5O3. The van der Waals surface area contributed by atoms with E-state index >= 15 is 0 Å². The van der Waals surface area contributed by atoms with Crippen LogP contribution in [0.25, 0.3) is 0 Å². The number of nitrogens with zero attached hydrogens (tertiary/aromatic N) is 5.